The van der Waals surface area contributed by atoms with Crippen molar-refractivity contribution in [3.8, 4) is 22.1 Å². The molecular formula is C14H10FN3O2S. The number of phenolic OH excluding ortho intramolecular Hbond substituents is 2. The highest BCUT2D eigenvalue weighted by molar-refractivity contribution is 7.18. The van der Waals surface area contributed by atoms with Crippen LogP contribution in [-0.4, -0.2) is 20.4 Å². The molecule has 3 aromatic rings. The van der Waals surface area contributed by atoms with Crippen LogP contribution in [0.15, 0.2) is 42.5 Å². The van der Waals surface area contributed by atoms with Gasteiger partial charge in [-0.3, -0.25) is 0 Å². The molecule has 0 spiro atoms. The Labute approximate surface area is 123 Å². The Hall–Kier alpha value is -2.67. The zero-order chi connectivity index (χ0) is 14.8. The molecule has 0 atom stereocenters. The van der Waals surface area contributed by atoms with Gasteiger partial charge in [0.05, 0.1) is 11.3 Å². The first-order chi connectivity index (χ1) is 10.1. The minimum atomic E-state index is -0.387. The highest BCUT2D eigenvalue weighted by atomic mass is 32.1. The van der Waals surface area contributed by atoms with Crippen LogP contribution in [-0.2, 0) is 0 Å². The molecule has 0 amide bonds. The zero-order valence-corrected chi connectivity index (χ0v) is 11.4. The minimum Gasteiger partial charge on any atom is -0.508 e. The molecule has 0 bridgehead atoms. The number of aromatic nitrogens is 2. The Morgan fingerprint density at radius 3 is 2.62 bits per heavy atom. The predicted octanol–water partition coefficient (Wildman–Crippen LogP) is 3.50. The topological polar surface area (TPSA) is 78.3 Å². The van der Waals surface area contributed by atoms with Crippen molar-refractivity contribution in [2.75, 3.05) is 5.32 Å². The highest BCUT2D eigenvalue weighted by Gasteiger charge is 2.12. The van der Waals surface area contributed by atoms with Crippen LogP contribution in [0, 0.1) is 5.82 Å². The molecule has 0 radical (unpaired) electrons. The zero-order valence-electron chi connectivity index (χ0n) is 10.6. The second-order valence-corrected chi connectivity index (χ2v) is 5.20. The molecule has 0 unspecified atom stereocenters. The Balaban J connectivity index is 1.88. The fourth-order valence-corrected chi connectivity index (χ4v) is 2.55. The van der Waals surface area contributed by atoms with Gasteiger partial charge in [0.15, 0.2) is 5.01 Å². The number of rotatable bonds is 3. The molecule has 3 N–H and O–H groups in total. The van der Waals surface area contributed by atoms with E-state index in [2.05, 4.69) is 15.5 Å². The van der Waals surface area contributed by atoms with Crippen LogP contribution in [0.2, 0.25) is 0 Å². The van der Waals surface area contributed by atoms with Gasteiger partial charge < -0.3 is 15.5 Å². The lowest BCUT2D eigenvalue weighted by atomic mass is 10.2. The molecule has 0 saturated heterocycles. The van der Waals surface area contributed by atoms with E-state index >= 15 is 0 Å². The summed E-state index contributed by atoms with van der Waals surface area (Å²) in [6.07, 6.45) is 0. The van der Waals surface area contributed by atoms with E-state index in [1.165, 1.54) is 35.6 Å². The highest BCUT2D eigenvalue weighted by Crippen LogP contribution is 2.35. The molecule has 3 rings (SSSR count). The first-order valence-electron chi connectivity index (χ1n) is 6.01. The van der Waals surface area contributed by atoms with E-state index in [-0.39, 0.29) is 17.3 Å². The van der Waals surface area contributed by atoms with Crippen LogP contribution in [0.5, 0.6) is 11.5 Å². The fraction of sp³-hybridized carbons (Fsp3) is 0. The van der Waals surface area contributed by atoms with Gasteiger partial charge in [0.25, 0.3) is 0 Å². The van der Waals surface area contributed by atoms with Crippen LogP contribution < -0.4 is 5.32 Å². The lowest BCUT2D eigenvalue weighted by Crippen LogP contribution is -1.92. The van der Waals surface area contributed by atoms with E-state index in [0.717, 1.165) is 0 Å². The van der Waals surface area contributed by atoms with Gasteiger partial charge in [0.2, 0.25) is 5.13 Å². The molecule has 0 aliphatic heterocycles. The SMILES string of the molecule is Oc1ccc(-c2nnc(Nc3ccccc3F)s2)c(O)c1. The molecule has 0 aliphatic carbocycles. The van der Waals surface area contributed by atoms with Crippen LogP contribution >= 0.6 is 11.3 Å². The molecule has 21 heavy (non-hydrogen) atoms. The number of para-hydroxylation sites is 1. The maximum absolute atomic E-state index is 13.5. The number of nitrogens with zero attached hydrogens (tertiary/aromatic N) is 2. The normalized spacial score (nSPS) is 10.5. The van der Waals surface area contributed by atoms with Crippen molar-refractivity contribution in [1.82, 2.24) is 10.2 Å². The Bertz CT molecular complexity index is 791. The number of hydrogen-bond acceptors (Lipinski definition) is 6. The van der Waals surface area contributed by atoms with Crippen molar-refractivity contribution < 1.29 is 14.6 Å². The van der Waals surface area contributed by atoms with Crippen molar-refractivity contribution in [2.24, 2.45) is 0 Å². The van der Waals surface area contributed by atoms with Gasteiger partial charge in [-0.05, 0) is 24.3 Å². The average molecular weight is 303 g/mol. The Morgan fingerprint density at radius 1 is 1.05 bits per heavy atom. The van der Waals surface area contributed by atoms with Crippen LogP contribution in [0.1, 0.15) is 0 Å². The second-order valence-electron chi connectivity index (χ2n) is 4.22. The number of phenols is 2. The molecular weight excluding hydrogens is 293 g/mol. The second kappa shape index (κ2) is 5.37. The van der Waals surface area contributed by atoms with Crippen LogP contribution in [0.25, 0.3) is 10.6 Å². The molecule has 0 aliphatic rings. The van der Waals surface area contributed by atoms with E-state index in [4.69, 9.17) is 0 Å². The monoisotopic (exact) mass is 303 g/mol. The van der Waals surface area contributed by atoms with Crippen molar-refractivity contribution in [2.45, 2.75) is 0 Å². The summed E-state index contributed by atoms with van der Waals surface area (Å²) in [7, 11) is 0. The van der Waals surface area contributed by atoms with Crippen LogP contribution in [0.4, 0.5) is 15.2 Å². The summed E-state index contributed by atoms with van der Waals surface area (Å²) in [5, 5.41) is 30.6. The Kier molecular flexibility index (Phi) is 3.41. The summed E-state index contributed by atoms with van der Waals surface area (Å²) < 4.78 is 13.5. The van der Waals surface area contributed by atoms with Crippen molar-refractivity contribution in [3.05, 3.63) is 48.3 Å². The molecule has 5 nitrogen and oxygen atoms in total. The summed E-state index contributed by atoms with van der Waals surface area (Å²) in [6, 6.07) is 10.4. The maximum Gasteiger partial charge on any atom is 0.210 e. The molecule has 0 saturated carbocycles. The van der Waals surface area contributed by atoms with Gasteiger partial charge in [-0.1, -0.05) is 23.5 Å². The number of aromatic hydroxyl groups is 2. The molecule has 1 heterocycles. The van der Waals surface area contributed by atoms with Crippen molar-refractivity contribution in [3.63, 3.8) is 0 Å². The first kappa shape index (κ1) is 13.3. The minimum absolute atomic E-state index is 0.0366. The Morgan fingerprint density at radius 2 is 1.86 bits per heavy atom. The maximum atomic E-state index is 13.5. The van der Waals surface area contributed by atoms with E-state index in [9.17, 15) is 14.6 Å². The fourth-order valence-electron chi connectivity index (χ4n) is 1.76. The summed E-state index contributed by atoms with van der Waals surface area (Å²) in [5.74, 6) is -0.518. The number of nitrogens with one attached hydrogen (secondary N) is 1. The van der Waals surface area contributed by atoms with Crippen molar-refractivity contribution >= 4 is 22.2 Å². The third-order valence-corrected chi connectivity index (χ3v) is 3.62. The van der Waals surface area contributed by atoms with Gasteiger partial charge in [-0.15, -0.1) is 10.2 Å². The van der Waals surface area contributed by atoms with Gasteiger partial charge in [0.1, 0.15) is 17.3 Å². The summed E-state index contributed by atoms with van der Waals surface area (Å²) >= 11 is 1.17. The quantitative estimate of drug-likeness (QED) is 0.690. The summed E-state index contributed by atoms with van der Waals surface area (Å²) in [4.78, 5) is 0. The van der Waals surface area contributed by atoms with Crippen LogP contribution in [0.3, 0.4) is 0 Å². The molecule has 2 aromatic carbocycles. The largest absolute Gasteiger partial charge is 0.508 e. The number of hydrogen-bond donors (Lipinski definition) is 3. The number of anilines is 2. The lowest BCUT2D eigenvalue weighted by molar-refractivity contribution is 0.452. The van der Waals surface area contributed by atoms with E-state index < -0.39 is 0 Å². The van der Waals surface area contributed by atoms with Gasteiger partial charge in [-0.25, -0.2) is 4.39 Å². The van der Waals surface area contributed by atoms with Crippen molar-refractivity contribution in [1.29, 1.82) is 0 Å². The molecule has 106 valence electrons. The molecule has 0 fully saturated rings. The average Bonchev–Trinajstić information content (AvgIpc) is 2.90. The molecule has 7 heteroatoms. The standard InChI is InChI=1S/C14H10FN3O2S/c15-10-3-1-2-4-11(10)16-14-18-17-13(21-14)9-6-5-8(19)7-12(9)20/h1-7,19-20H,(H,16,18). The lowest BCUT2D eigenvalue weighted by Gasteiger charge is -2.02. The van der Waals surface area contributed by atoms with Gasteiger partial charge >= 0.3 is 0 Å². The van der Waals surface area contributed by atoms with E-state index in [0.29, 0.717) is 21.4 Å². The van der Waals surface area contributed by atoms with E-state index in [1.807, 2.05) is 0 Å². The molecule has 1 aromatic heterocycles. The third kappa shape index (κ3) is 2.77. The van der Waals surface area contributed by atoms with E-state index in [1.54, 1.807) is 18.2 Å². The smallest absolute Gasteiger partial charge is 0.210 e. The number of benzene rings is 2. The van der Waals surface area contributed by atoms with Gasteiger partial charge in [0, 0.05) is 6.07 Å². The summed E-state index contributed by atoms with van der Waals surface area (Å²) in [6.45, 7) is 0. The third-order valence-electron chi connectivity index (χ3n) is 2.75. The number of halogens is 1. The summed E-state index contributed by atoms with van der Waals surface area (Å²) in [5.41, 5.74) is 0.752. The first-order valence-corrected chi connectivity index (χ1v) is 6.82. The predicted molar refractivity (Wildman–Crippen MR) is 78.4 cm³/mol. The van der Waals surface area contributed by atoms with Gasteiger partial charge in [-0.2, -0.15) is 0 Å².